The van der Waals surface area contributed by atoms with E-state index < -0.39 is 0 Å². The Morgan fingerprint density at radius 2 is 1.06 bits per heavy atom. The fraction of sp³-hybridized carbons (Fsp3) is 0.0638. The summed E-state index contributed by atoms with van der Waals surface area (Å²) in [5.74, 6) is 0.203. The number of hydrogen-bond acceptors (Lipinski definition) is 2. The molecule has 6 bridgehead atoms. The van der Waals surface area contributed by atoms with Gasteiger partial charge in [0, 0.05) is 38.5 Å². The van der Waals surface area contributed by atoms with Crippen molar-refractivity contribution >= 4 is 33.5 Å². The van der Waals surface area contributed by atoms with Gasteiger partial charge in [0.1, 0.15) is 5.49 Å². The minimum Gasteiger partial charge on any atom is -0.354 e. The van der Waals surface area contributed by atoms with Crippen LogP contribution < -0.4 is 16.2 Å². The van der Waals surface area contributed by atoms with Crippen molar-refractivity contribution in [2.45, 2.75) is 13.8 Å². The summed E-state index contributed by atoms with van der Waals surface area (Å²) in [5.41, 5.74) is 17.5. The monoisotopic (exact) mass is 654 g/mol. The van der Waals surface area contributed by atoms with Crippen LogP contribution in [-0.2, 0) is 0 Å². The topological polar surface area (TPSA) is 44.9 Å². The van der Waals surface area contributed by atoms with E-state index >= 15 is 0 Å². The normalized spacial score (nSPS) is 15.0. The van der Waals surface area contributed by atoms with Gasteiger partial charge in [0.15, 0.2) is 0 Å². The predicted molar refractivity (Wildman–Crippen MR) is 208 cm³/mol. The third-order valence-electron chi connectivity index (χ3n) is 10.3. The first kappa shape index (κ1) is 29.4. The summed E-state index contributed by atoms with van der Waals surface area (Å²) < 4.78 is 2.39. The van der Waals surface area contributed by atoms with Crippen LogP contribution in [0.25, 0.3) is 38.9 Å². The van der Waals surface area contributed by atoms with Crippen molar-refractivity contribution in [1.29, 1.82) is 0 Å². The molecule has 4 nitrogen and oxygen atoms in total. The van der Waals surface area contributed by atoms with Crippen LogP contribution in [0.4, 0.5) is 0 Å². The van der Waals surface area contributed by atoms with Crippen LogP contribution in [0.2, 0.25) is 0 Å². The Morgan fingerprint density at radius 1 is 0.510 bits per heavy atom. The lowest BCUT2D eigenvalue weighted by Crippen LogP contribution is -2.20. The molecule has 4 aromatic carbocycles. The Kier molecular flexibility index (Phi) is 6.65. The van der Waals surface area contributed by atoms with Crippen molar-refractivity contribution in [3.8, 4) is 11.1 Å². The van der Waals surface area contributed by atoms with Crippen molar-refractivity contribution in [3.05, 3.63) is 213 Å². The number of nitrogens with zero attached hydrogens (tertiary/aromatic N) is 3. The van der Waals surface area contributed by atoms with E-state index in [4.69, 9.17) is 9.98 Å². The molecule has 0 radical (unpaired) electrons. The van der Waals surface area contributed by atoms with Crippen molar-refractivity contribution in [2.75, 3.05) is 0 Å². The zero-order valence-corrected chi connectivity index (χ0v) is 28.4. The number of aromatic nitrogens is 2. The molecule has 3 aliphatic rings. The summed E-state index contributed by atoms with van der Waals surface area (Å²) in [6.45, 7) is 4.60. The van der Waals surface area contributed by atoms with Crippen LogP contribution >= 0.6 is 0 Å². The molecule has 10 rings (SSSR count). The van der Waals surface area contributed by atoms with Crippen LogP contribution in [0.15, 0.2) is 179 Å². The number of nitrogens with one attached hydrogen (secondary N) is 1. The van der Waals surface area contributed by atoms with Gasteiger partial charge in [-0.1, -0.05) is 135 Å². The molecule has 3 aromatic heterocycles. The molecule has 242 valence electrons. The van der Waals surface area contributed by atoms with Gasteiger partial charge in [-0.25, -0.2) is 9.98 Å². The van der Waals surface area contributed by atoms with E-state index in [0.29, 0.717) is 0 Å². The van der Waals surface area contributed by atoms with Gasteiger partial charge in [-0.2, -0.15) is 0 Å². The number of hydrogen-bond donors (Lipinski definition) is 1. The summed E-state index contributed by atoms with van der Waals surface area (Å²) >= 11 is 0. The fourth-order valence-corrected chi connectivity index (χ4v) is 8.13. The zero-order chi connectivity index (χ0) is 34.1. The minimum atomic E-state index is 0.203. The van der Waals surface area contributed by atoms with Gasteiger partial charge in [0.2, 0.25) is 0 Å². The maximum absolute atomic E-state index is 5.72. The third-order valence-corrected chi connectivity index (χ3v) is 10.3. The molecule has 4 heteroatoms. The average Bonchev–Trinajstić information content (AvgIpc) is 4.01. The second kappa shape index (κ2) is 11.5. The van der Waals surface area contributed by atoms with Gasteiger partial charge < -0.3 is 4.98 Å². The van der Waals surface area contributed by atoms with Crippen molar-refractivity contribution in [2.24, 2.45) is 15.9 Å². The smallest absolute Gasteiger partial charge is 0.146 e. The van der Waals surface area contributed by atoms with Crippen molar-refractivity contribution < 1.29 is 0 Å². The largest absolute Gasteiger partial charge is 0.354 e. The Morgan fingerprint density at radius 3 is 1.67 bits per heavy atom. The number of fused-ring (bicyclic) bond motifs is 4. The quantitative estimate of drug-likeness (QED) is 0.193. The zero-order valence-electron chi connectivity index (χ0n) is 28.4. The molecule has 0 aliphatic carbocycles. The van der Waals surface area contributed by atoms with Crippen LogP contribution in [-0.4, -0.2) is 15.1 Å². The molecular formula is C47H34N4. The lowest BCUT2D eigenvalue weighted by atomic mass is 9.87. The number of aliphatic imine (C=N–C) groups is 1. The Labute approximate surface area is 296 Å². The molecule has 0 unspecified atom stereocenters. The molecule has 0 atom stereocenters. The first-order valence-electron chi connectivity index (χ1n) is 17.6. The van der Waals surface area contributed by atoms with E-state index in [1.165, 1.54) is 22.3 Å². The molecule has 1 N–H and O–H groups in total. The number of benzene rings is 4. The van der Waals surface area contributed by atoms with E-state index in [1.54, 1.807) is 0 Å². The minimum absolute atomic E-state index is 0.203. The summed E-state index contributed by atoms with van der Waals surface area (Å²) in [5, 5.41) is 2.04. The number of H-pyrrole nitrogens is 1. The van der Waals surface area contributed by atoms with Gasteiger partial charge in [-0.15, -0.1) is 0 Å². The molecule has 7 aromatic rings. The van der Waals surface area contributed by atoms with Crippen molar-refractivity contribution in [1.82, 2.24) is 9.38 Å². The van der Waals surface area contributed by atoms with E-state index in [0.717, 1.165) is 77.9 Å². The second-order valence-electron chi connectivity index (χ2n) is 13.6. The van der Waals surface area contributed by atoms with Crippen LogP contribution in [0, 0.1) is 5.92 Å². The SMILES string of the molecule is CC(C)C1=C2N=c3c1c(-c1ccccc1)c1ccc(n31)C(c1ccccc1)=C1C=CC(=N1)C(c1ccccc1)=c1ccc([nH]1)=C2c1ccccc1. The molecular weight excluding hydrogens is 621 g/mol. The number of aromatic amines is 1. The van der Waals surface area contributed by atoms with Gasteiger partial charge in [0.25, 0.3) is 0 Å². The molecule has 0 saturated heterocycles. The number of allylic oxidation sites excluding steroid dienone is 4. The van der Waals surface area contributed by atoms with Gasteiger partial charge in [-0.05, 0) is 70.2 Å². The molecule has 3 aliphatic heterocycles. The molecule has 51 heavy (non-hydrogen) atoms. The molecule has 0 amide bonds. The molecule has 6 heterocycles. The lowest BCUT2D eigenvalue weighted by molar-refractivity contribution is 0.853. The third kappa shape index (κ3) is 4.53. The van der Waals surface area contributed by atoms with Crippen LogP contribution in [0.5, 0.6) is 0 Å². The van der Waals surface area contributed by atoms with Gasteiger partial charge in [-0.3, -0.25) is 4.40 Å². The molecule has 0 fully saturated rings. The summed E-state index contributed by atoms with van der Waals surface area (Å²) in [6.07, 6.45) is 4.34. The van der Waals surface area contributed by atoms with E-state index in [2.05, 4.69) is 181 Å². The summed E-state index contributed by atoms with van der Waals surface area (Å²) in [4.78, 5) is 15.1. The predicted octanol–water partition coefficient (Wildman–Crippen LogP) is 8.54. The molecule has 0 spiro atoms. The summed E-state index contributed by atoms with van der Waals surface area (Å²) in [6, 6.07) is 51.7. The maximum Gasteiger partial charge on any atom is 0.146 e. The lowest BCUT2D eigenvalue weighted by Gasteiger charge is -2.16. The highest BCUT2D eigenvalue weighted by Crippen LogP contribution is 2.44. The number of rotatable bonds is 5. The van der Waals surface area contributed by atoms with Gasteiger partial charge >= 0.3 is 0 Å². The standard InChI is InChI=1S/C47H34N4/c1-29(2)40-45-44(33-21-13-6-14-22-33)39-28-27-38-42(31-17-9-4-10-18-31)36-25-23-34(48-36)41(30-15-7-3-8-16-30)35-24-26-37(49-35)43(32-19-11-5-12-20-32)46(40)50-47(45)51(38)39/h3-29,49H,1-2H3. The Bertz CT molecular complexity index is 2830. The highest BCUT2D eigenvalue weighted by atomic mass is 15.0. The van der Waals surface area contributed by atoms with E-state index in [-0.39, 0.29) is 5.92 Å². The average molecular weight is 655 g/mol. The summed E-state index contributed by atoms with van der Waals surface area (Å²) in [7, 11) is 0. The Hall–Kier alpha value is -6.52. The van der Waals surface area contributed by atoms with Gasteiger partial charge in [0.05, 0.1) is 28.3 Å². The van der Waals surface area contributed by atoms with Crippen molar-refractivity contribution in [3.63, 3.8) is 0 Å². The van der Waals surface area contributed by atoms with E-state index in [1.807, 2.05) is 0 Å². The second-order valence-corrected chi connectivity index (χ2v) is 13.6. The molecule has 0 saturated carbocycles. The van der Waals surface area contributed by atoms with E-state index in [9.17, 15) is 0 Å². The first-order valence-corrected chi connectivity index (χ1v) is 17.6. The first-order chi connectivity index (χ1) is 25.2. The Balaban J connectivity index is 1.44. The maximum atomic E-state index is 5.72. The van der Waals surface area contributed by atoms with Crippen LogP contribution in [0.3, 0.4) is 0 Å². The highest BCUT2D eigenvalue weighted by molar-refractivity contribution is 6.30. The highest BCUT2D eigenvalue weighted by Gasteiger charge is 2.33. The fourth-order valence-electron chi connectivity index (χ4n) is 8.13. The van der Waals surface area contributed by atoms with Crippen LogP contribution in [0.1, 0.15) is 41.8 Å².